The minimum Gasteiger partial charge on any atom is -0.486 e. The standard InChI is InChI=1S/C59H52ClF3N10O7S/c1-4-59(77)39-20-43-49-37(25-73(43)55(75)38(39)26-78-56(59)76)32-7-5-8-33-44(12-11-42(67-49)45(32)33)80-29(3)28(2)54(74)72-18-17-70(24-31(72)13-15-64)53-35-19-40(60)47(34-9-10-41(62)51-46(34)36(22-65)52(66)81-51)48(63)50(35)68-57(69-53)79-27-58-14-6-16-71(58)23-30(61)21-58/h9-12,19-20,29-31,77H,2,4-8,13-14,16-18,21,23-27,66H2,1,3H3. The van der Waals surface area contributed by atoms with E-state index in [1.165, 1.54) is 12.1 Å². The maximum atomic E-state index is 17.6. The monoisotopic (exact) mass is 1140 g/mol. The molecule has 0 saturated carbocycles. The number of benzene rings is 3. The number of fused-ring (bicyclic) bond motifs is 8. The van der Waals surface area contributed by atoms with Gasteiger partial charge in [0.15, 0.2) is 11.4 Å². The van der Waals surface area contributed by atoms with Gasteiger partial charge in [-0.25, -0.2) is 22.9 Å². The van der Waals surface area contributed by atoms with E-state index in [-0.39, 0.29) is 147 Å². The molecule has 3 N–H and O–H groups in total. The Bertz CT molecular complexity index is 4100. The lowest BCUT2D eigenvalue weighted by atomic mass is 9.85. The van der Waals surface area contributed by atoms with Crippen molar-refractivity contribution in [2.24, 2.45) is 0 Å². The molecule has 1 aliphatic carbocycles. The van der Waals surface area contributed by atoms with Crippen molar-refractivity contribution in [2.75, 3.05) is 50.0 Å². The number of cyclic esters (lactones) is 1. The van der Waals surface area contributed by atoms with Crippen molar-refractivity contribution in [3.05, 3.63) is 109 Å². The number of hydrogen-bond acceptors (Lipinski definition) is 16. The Hall–Kier alpha value is -7.82. The Kier molecular flexibility index (Phi) is 12.6. The minimum atomic E-state index is -1.95. The number of amides is 1. The molecule has 22 heteroatoms. The maximum absolute atomic E-state index is 17.6. The SMILES string of the molecule is C=C(C(=O)N1CCN(c2nc(OCC34CCCN3CC(F)C4)nc3c(F)c(-c4ccc(F)c5sc(N)c(C#N)c45)c(Cl)cc23)CC1CC#N)C(C)Oc1ccc2nc3c(c4c2c1CCC4)Cn1c-3cc2c(c1=O)COC(=O)C2(O)CC. The lowest BCUT2D eigenvalue weighted by Crippen LogP contribution is -2.56. The zero-order chi connectivity index (χ0) is 56.6. The average molecular weight is 1140 g/mol. The number of aliphatic hydroxyl groups is 1. The number of thiophene rings is 1. The van der Waals surface area contributed by atoms with E-state index in [1.807, 2.05) is 23.1 Å². The van der Waals surface area contributed by atoms with Crippen molar-refractivity contribution < 1.29 is 42.1 Å². The van der Waals surface area contributed by atoms with Crippen molar-refractivity contribution in [2.45, 2.75) is 108 Å². The third-order valence-electron chi connectivity index (χ3n) is 17.6. The number of anilines is 2. The van der Waals surface area contributed by atoms with E-state index in [9.17, 15) is 34.4 Å². The number of pyridine rings is 2. The zero-order valence-electron chi connectivity index (χ0n) is 44.1. The fourth-order valence-corrected chi connectivity index (χ4v) is 14.7. The molecule has 4 aromatic heterocycles. The number of hydrogen-bond donors (Lipinski definition) is 2. The lowest BCUT2D eigenvalue weighted by Gasteiger charge is -2.42. The molecule has 0 radical (unpaired) electrons. The summed E-state index contributed by atoms with van der Waals surface area (Å²) >= 11 is 7.89. The number of carbonyl (C=O) groups excluding carboxylic acids is 2. The van der Waals surface area contributed by atoms with Crippen LogP contribution in [-0.2, 0) is 45.9 Å². The van der Waals surface area contributed by atoms with E-state index in [4.69, 9.17) is 41.5 Å². The van der Waals surface area contributed by atoms with Crippen LogP contribution in [0.25, 0.3) is 54.4 Å². The number of nitrogen functional groups attached to an aromatic ring is 1. The van der Waals surface area contributed by atoms with Crippen LogP contribution in [0.3, 0.4) is 0 Å². The minimum absolute atomic E-state index is 0.0228. The van der Waals surface area contributed by atoms with Gasteiger partial charge in [-0.2, -0.15) is 20.5 Å². The highest BCUT2D eigenvalue weighted by Crippen LogP contribution is 2.48. The molecule has 3 fully saturated rings. The van der Waals surface area contributed by atoms with E-state index in [2.05, 4.69) is 22.5 Å². The quantitative estimate of drug-likeness (QED) is 0.0912. The van der Waals surface area contributed by atoms with E-state index in [0.29, 0.717) is 48.5 Å². The third-order valence-corrected chi connectivity index (χ3v) is 18.9. The number of nitrogens with zero attached hydrogens (tertiary/aromatic N) is 9. The number of nitriles is 2. The molecule has 17 nitrogen and oxygen atoms in total. The van der Waals surface area contributed by atoms with Crippen LogP contribution in [0.5, 0.6) is 11.8 Å². The van der Waals surface area contributed by atoms with Crippen LogP contribution < -0.4 is 25.7 Å². The van der Waals surface area contributed by atoms with Gasteiger partial charge in [-0.1, -0.05) is 31.2 Å². The van der Waals surface area contributed by atoms with Gasteiger partial charge in [0.25, 0.3) is 11.5 Å². The van der Waals surface area contributed by atoms with Crippen LogP contribution in [0.1, 0.15) is 85.8 Å². The molecule has 5 unspecified atom stereocenters. The number of aromatic nitrogens is 4. The second-order valence-corrected chi connectivity index (χ2v) is 23.4. The Labute approximate surface area is 470 Å². The number of ether oxygens (including phenoxy) is 3. The normalized spacial score (nSPS) is 22.3. The largest absolute Gasteiger partial charge is 0.486 e. The van der Waals surface area contributed by atoms with Gasteiger partial charge < -0.3 is 39.4 Å². The number of nitrogens with two attached hydrogens (primary N) is 1. The highest BCUT2D eigenvalue weighted by atomic mass is 35.5. The molecular weight excluding hydrogens is 1090 g/mol. The Balaban J connectivity index is 0.796. The molecule has 414 valence electrons. The van der Waals surface area contributed by atoms with Crippen LogP contribution in [0, 0.1) is 34.3 Å². The fraction of sp³-hybridized carbons (Fsp3) is 0.390. The third kappa shape index (κ3) is 8.05. The predicted octanol–water partition coefficient (Wildman–Crippen LogP) is 8.69. The molecule has 5 aliphatic heterocycles. The summed E-state index contributed by atoms with van der Waals surface area (Å²) in [5.74, 6) is -2.01. The van der Waals surface area contributed by atoms with Crippen LogP contribution in [0.15, 0.2) is 53.3 Å². The summed E-state index contributed by atoms with van der Waals surface area (Å²) in [6.07, 6.45) is 2.00. The Morgan fingerprint density at radius 3 is 2.65 bits per heavy atom. The van der Waals surface area contributed by atoms with Crippen molar-refractivity contribution in [1.82, 2.24) is 29.3 Å². The van der Waals surface area contributed by atoms with Crippen LogP contribution in [0.4, 0.5) is 24.0 Å². The number of rotatable bonds is 11. The van der Waals surface area contributed by atoms with Gasteiger partial charge in [0.05, 0.1) is 68.4 Å². The van der Waals surface area contributed by atoms with Gasteiger partial charge in [0, 0.05) is 76.6 Å². The number of halogens is 4. The Morgan fingerprint density at radius 2 is 1.86 bits per heavy atom. The summed E-state index contributed by atoms with van der Waals surface area (Å²) in [5.41, 5.74) is 8.29. The molecule has 7 aromatic rings. The molecule has 0 bridgehead atoms. The van der Waals surface area contributed by atoms with Crippen molar-refractivity contribution in [3.8, 4) is 46.4 Å². The summed E-state index contributed by atoms with van der Waals surface area (Å²) in [6.45, 7) is 8.98. The molecule has 9 heterocycles. The van der Waals surface area contributed by atoms with Gasteiger partial charge in [-0.3, -0.25) is 14.5 Å². The molecule has 3 aromatic carbocycles. The summed E-state index contributed by atoms with van der Waals surface area (Å²) in [6, 6.07) is 12.7. The maximum Gasteiger partial charge on any atom is 0.343 e. The lowest BCUT2D eigenvalue weighted by molar-refractivity contribution is -0.172. The fourth-order valence-electron chi connectivity index (χ4n) is 13.5. The molecule has 13 rings (SSSR count). The van der Waals surface area contributed by atoms with Gasteiger partial charge in [0.2, 0.25) is 0 Å². The molecule has 1 amide bonds. The van der Waals surface area contributed by atoms with Crippen molar-refractivity contribution in [1.29, 1.82) is 10.5 Å². The Morgan fingerprint density at radius 1 is 1.05 bits per heavy atom. The number of piperazine rings is 1. The second-order valence-electron chi connectivity index (χ2n) is 21.9. The smallest absolute Gasteiger partial charge is 0.343 e. The molecule has 5 atom stereocenters. The number of carbonyl (C=O) groups is 2. The first kappa shape index (κ1) is 52.5. The van der Waals surface area contributed by atoms with E-state index >= 15 is 8.78 Å². The first-order valence-electron chi connectivity index (χ1n) is 27.0. The summed E-state index contributed by atoms with van der Waals surface area (Å²) in [4.78, 5) is 61.5. The van der Waals surface area contributed by atoms with E-state index < -0.39 is 53.0 Å². The first-order valence-corrected chi connectivity index (χ1v) is 28.2. The highest BCUT2D eigenvalue weighted by Gasteiger charge is 2.50. The number of aryl methyl sites for hydroxylation is 2. The number of esters is 1. The zero-order valence-corrected chi connectivity index (χ0v) is 45.7. The van der Waals surface area contributed by atoms with Gasteiger partial charge in [-0.15, -0.1) is 11.3 Å². The molecule has 81 heavy (non-hydrogen) atoms. The number of alkyl halides is 1. The summed E-state index contributed by atoms with van der Waals surface area (Å²) < 4.78 is 67.7. The van der Waals surface area contributed by atoms with Crippen molar-refractivity contribution >= 4 is 77.5 Å². The van der Waals surface area contributed by atoms with Crippen LogP contribution in [-0.4, -0.2) is 109 Å². The van der Waals surface area contributed by atoms with Gasteiger partial charge >= 0.3 is 12.0 Å². The van der Waals surface area contributed by atoms with E-state index in [0.717, 1.165) is 52.3 Å². The van der Waals surface area contributed by atoms with Gasteiger partial charge in [0.1, 0.15) is 59.5 Å². The molecule has 3 saturated heterocycles. The second kappa shape index (κ2) is 19.4. The van der Waals surface area contributed by atoms with Gasteiger partial charge in [-0.05, 0) is 93.5 Å². The first-order chi connectivity index (χ1) is 39.0. The predicted molar refractivity (Wildman–Crippen MR) is 297 cm³/mol. The average Bonchev–Trinajstić information content (AvgIpc) is 4.00. The highest BCUT2D eigenvalue weighted by molar-refractivity contribution is 7.23. The summed E-state index contributed by atoms with van der Waals surface area (Å²) in [7, 11) is 0. The molecule has 6 aliphatic rings. The van der Waals surface area contributed by atoms with Crippen LogP contribution >= 0.6 is 22.9 Å². The van der Waals surface area contributed by atoms with E-state index in [1.54, 1.807) is 29.4 Å². The van der Waals surface area contributed by atoms with Crippen molar-refractivity contribution in [3.63, 3.8) is 0 Å². The topological polar surface area (TPSA) is 226 Å². The summed E-state index contributed by atoms with van der Waals surface area (Å²) in [5, 5.41) is 32.9. The molecule has 0 spiro atoms. The molecular formula is C59H52ClF3N10O7S. The van der Waals surface area contributed by atoms with Crippen LogP contribution in [0.2, 0.25) is 5.02 Å².